The molecule has 0 unspecified atom stereocenters. The van der Waals surface area contributed by atoms with Crippen LogP contribution in [0.5, 0.6) is 0 Å². The van der Waals surface area contributed by atoms with Gasteiger partial charge in [-0.05, 0) is 50.5 Å². The number of pyridine rings is 1. The minimum absolute atomic E-state index is 0.398. The lowest BCUT2D eigenvalue weighted by Crippen LogP contribution is -2.40. The molecule has 4 heteroatoms. The average molecular weight is 258 g/mol. The fourth-order valence-electron chi connectivity index (χ4n) is 2.73. The third-order valence-corrected chi connectivity index (χ3v) is 4.32. The number of nitrogens with one attached hydrogen (secondary N) is 1. The molecule has 0 aromatic carbocycles. The van der Waals surface area contributed by atoms with Crippen molar-refractivity contribution < 1.29 is 0 Å². The molecule has 1 aliphatic rings. The van der Waals surface area contributed by atoms with Gasteiger partial charge in [-0.3, -0.25) is 4.40 Å². The number of rotatable bonds is 3. The van der Waals surface area contributed by atoms with Gasteiger partial charge in [0.15, 0.2) is 0 Å². The maximum Gasteiger partial charge on any atom is 0.138 e. The number of aromatic nitrogens is 2. The van der Waals surface area contributed by atoms with Crippen LogP contribution in [0.4, 0.5) is 5.82 Å². The summed E-state index contributed by atoms with van der Waals surface area (Å²) in [6.07, 6.45) is 6.37. The Morgan fingerprint density at radius 3 is 2.89 bits per heavy atom. The number of nitrogens with zero attached hydrogens (tertiary/aromatic N) is 3. The molecule has 2 aromatic rings. The highest BCUT2D eigenvalue weighted by atomic mass is 15.1. The van der Waals surface area contributed by atoms with E-state index in [0.29, 0.717) is 5.41 Å². The van der Waals surface area contributed by atoms with Crippen molar-refractivity contribution in [3.8, 4) is 0 Å². The van der Waals surface area contributed by atoms with Crippen molar-refractivity contribution in [3.05, 3.63) is 30.6 Å². The van der Waals surface area contributed by atoms with Gasteiger partial charge in [0.2, 0.25) is 0 Å². The molecule has 0 amide bonds. The van der Waals surface area contributed by atoms with Gasteiger partial charge in [0.25, 0.3) is 0 Å². The summed E-state index contributed by atoms with van der Waals surface area (Å²) >= 11 is 0. The summed E-state index contributed by atoms with van der Waals surface area (Å²) in [5.74, 6) is 1.13. The number of hydrogen-bond acceptors (Lipinski definition) is 3. The van der Waals surface area contributed by atoms with E-state index in [9.17, 15) is 0 Å². The third-order valence-electron chi connectivity index (χ3n) is 4.32. The van der Waals surface area contributed by atoms with Crippen molar-refractivity contribution in [2.75, 3.05) is 32.0 Å². The number of fused-ring (bicyclic) bond motifs is 1. The number of likely N-dealkylation sites (tertiary alicyclic amines) is 1. The lowest BCUT2D eigenvalue weighted by molar-refractivity contribution is 0.150. The zero-order valence-corrected chi connectivity index (χ0v) is 11.8. The van der Waals surface area contributed by atoms with E-state index in [0.717, 1.165) is 18.0 Å². The van der Waals surface area contributed by atoms with Gasteiger partial charge < -0.3 is 10.2 Å². The van der Waals surface area contributed by atoms with Crippen LogP contribution in [0, 0.1) is 5.41 Å². The number of imidazole rings is 1. The Morgan fingerprint density at radius 2 is 2.11 bits per heavy atom. The molecule has 102 valence electrons. The van der Waals surface area contributed by atoms with Gasteiger partial charge in [-0.25, -0.2) is 4.98 Å². The Hall–Kier alpha value is -1.55. The molecule has 2 aromatic heterocycles. The second kappa shape index (κ2) is 4.85. The molecule has 1 saturated heterocycles. The van der Waals surface area contributed by atoms with Crippen LogP contribution in [0.25, 0.3) is 5.65 Å². The summed E-state index contributed by atoms with van der Waals surface area (Å²) in [6.45, 7) is 5.82. The van der Waals surface area contributed by atoms with Crippen molar-refractivity contribution in [1.82, 2.24) is 14.3 Å². The molecule has 0 spiro atoms. The van der Waals surface area contributed by atoms with Crippen LogP contribution in [-0.4, -0.2) is 41.0 Å². The van der Waals surface area contributed by atoms with Gasteiger partial charge in [-0.15, -0.1) is 0 Å². The van der Waals surface area contributed by atoms with Crippen molar-refractivity contribution in [2.45, 2.75) is 19.8 Å². The monoisotopic (exact) mass is 258 g/mol. The SMILES string of the molecule is CN1CCC(C)(CNc2cccc3nccn23)CC1. The lowest BCUT2D eigenvalue weighted by atomic mass is 9.80. The molecule has 0 aliphatic carbocycles. The molecule has 3 heterocycles. The normalized spacial score (nSPS) is 19.7. The molecule has 1 N–H and O–H groups in total. The molecule has 3 rings (SSSR count). The second-order valence-corrected chi connectivity index (χ2v) is 6.03. The van der Waals surface area contributed by atoms with Crippen LogP contribution in [0.3, 0.4) is 0 Å². The summed E-state index contributed by atoms with van der Waals surface area (Å²) in [7, 11) is 2.21. The molecule has 1 fully saturated rings. The Balaban J connectivity index is 1.70. The van der Waals surface area contributed by atoms with E-state index in [1.807, 2.05) is 18.5 Å². The van der Waals surface area contributed by atoms with E-state index in [1.54, 1.807) is 0 Å². The van der Waals surface area contributed by atoms with E-state index in [1.165, 1.54) is 25.9 Å². The van der Waals surface area contributed by atoms with Crippen LogP contribution in [0.1, 0.15) is 19.8 Å². The smallest absolute Gasteiger partial charge is 0.138 e. The largest absolute Gasteiger partial charge is 0.371 e. The zero-order valence-electron chi connectivity index (χ0n) is 11.8. The van der Waals surface area contributed by atoms with Crippen molar-refractivity contribution in [1.29, 1.82) is 0 Å². The Kier molecular flexibility index (Phi) is 3.19. The number of hydrogen-bond donors (Lipinski definition) is 1. The summed E-state index contributed by atoms with van der Waals surface area (Å²) < 4.78 is 2.11. The fourth-order valence-corrected chi connectivity index (χ4v) is 2.73. The van der Waals surface area contributed by atoms with Crippen LogP contribution < -0.4 is 5.32 Å². The highest BCUT2D eigenvalue weighted by Gasteiger charge is 2.28. The fraction of sp³-hybridized carbons (Fsp3) is 0.533. The van der Waals surface area contributed by atoms with Gasteiger partial charge in [0, 0.05) is 18.9 Å². The van der Waals surface area contributed by atoms with Gasteiger partial charge in [0.05, 0.1) is 0 Å². The first-order chi connectivity index (χ1) is 9.16. The van der Waals surface area contributed by atoms with Gasteiger partial charge in [-0.1, -0.05) is 13.0 Å². The molecule has 4 nitrogen and oxygen atoms in total. The summed E-state index contributed by atoms with van der Waals surface area (Å²) in [5, 5.41) is 3.60. The molecule has 0 radical (unpaired) electrons. The van der Waals surface area contributed by atoms with E-state index in [-0.39, 0.29) is 0 Å². The Labute approximate surface area is 114 Å². The number of anilines is 1. The topological polar surface area (TPSA) is 32.6 Å². The van der Waals surface area contributed by atoms with Gasteiger partial charge in [-0.2, -0.15) is 0 Å². The van der Waals surface area contributed by atoms with E-state index >= 15 is 0 Å². The second-order valence-electron chi connectivity index (χ2n) is 6.03. The summed E-state index contributed by atoms with van der Waals surface area (Å²) in [5.41, 5.74) is 1.40. The van der Waals surface area contributed by atoms with E-state index < -0.39 is 0 Å². The van der Waals surface area contributed by atoms with Crippen LogP contribution in [-0.2, 0) is 0 Å². The highest BCUT2D eigenvalue weighted by molar-refractivity contribution is 5.49. The van der Waals surface area contributed by atoms with Crippen molar-refractivity contribution >= 4 is 11.5 Å². The predicted octanol–water partition coefficient (Wildman–Crippen LogP) is 2.48. The van der Waals surface area contributed by atoms with Crippen LogP contribution in [0.2, 0.25) is 0 Å². The van der Waals surface area contributed by atoms with Crippen LogP contribution >= 0.6 is 0 Å². The summed E-state index contributed by atoms with van der Waals surface area (Å²) in [6, 6.07) is 6.21. The molecule has 0 atom stereocenters. The van der Waals surface area contributed by atoms with Gasteiger partial charge in [0.1, 0.15) is 11.5 Å². The maximum atomic E-state index is 4.32. The molecule has 19 heavy (non-hydrogen) atoms. The molecule has 1 aliphatic heterocycles. The van der Waals surface area contributed by atoms with Crippen molar-refractivity contribution in [3.63, 3.8) is 0 Å². The molecule has 0 bridgehead atoms. The maximum absolute atomic E-state index is 4.32. The molecular weight excluding hydrogens is 236 g/mol. The Morgan fingerprint density at radius 1 is 1.32 bits per heavy atom. The molecule has 0 saturated carbocycles. The third kappa shape index (κ3) is 2.59. The minimum Gasteiger partial charge on any atom is -0.371 e. The average Bonchev–Trinajstić information content (AvgIpc) is 2.89. The first-order valence-electron chi connectivity index (χ1n) is 7.01. The Bertz CT molecular complexity index is 552. The van der Waals surface area contributed by atoms with E-state index in [4.69, 9.17) is 0 Å². The summed E-state index contributed by atoms with van der Waals surface area (Å²) in [4.78, 5) is 6.73. The van der Waals surface area contributed by atoms with Crippen molar-refractivity contribution in [2.24, 2.45) is 5.41 Å². The minimum atomic E-state index is 0.398. The zero-order chi connectivity index (χ0) is 13.3. The van der Waals surface area contributed by atoms with Gasteiger partial charge >= 0.3 is 0 Å². The number of piperidine rings is 1. The highest BCUT2D eigenvalue weighted by Crippen LogP contribution is 2.30. The quantitative estimate of drug-likeness (QED) is 0.918. The first kappa shape index (κ1) is 12.5. The first-order valence-corrected chi connectivity index (χ1v) is 7.01. The van der Waals surface area contributed by atoms with E-state index in [2.05, 4.69) is 45.7 Å². The lowest BCUT2D eigenvalue weighted by Gasteiger charge is -2.38. The van der Waals surface area contributed by atoms with Crippen LogP contribution in [0.15, 0.2) is 30.6 Å². The predicted molar refractivity (Wildman–Crippen MR) is 78.5 cm³/mol. The molecular formula is C15H22N4. The standard InChI is InChI=1S/C15H22N4/c1-15(6-9-18(2)10-7-15)12-17-14-5-3-4-13-16-8-11-19(13)14/h3-5,8,11,17H,6-7,9-10,12H2,1-2H3.